The lowest BCUT2D eigenvalue weighted by molar-refractivity contribution is 0.0740. The van der Waals surface area contributed by atoms with Gasteiger partial charge in [-0.05, 0) is 35.8 Å². The molecular formula is C22H26N6OS. The second kappa shape index (κ2) is 10.3. The summed E-state index contributed by atoms with van der Waals surface area (Å²) in [7, 11) is 0. The van der Waals surface area contributed by atoms with Crippen molar-refractivity contribution in [3.05, 3.63) is 57.6 Å². The number of nitrogens with one attached hydrogen (secondary N) is 2. The zero-order valence-corrected chi connectivity index (χ0v) is 17.7. The van der Waals surface area contributed by atoms with Gasteiger partial charge in [-0.25, -0.2) is 9.98 Å². The highest BCUT2D eigenvalue weighted by molar-refractivity contribution is 7.15. The number of hydrogen-bond acceptors (Lipinski definition) is 7. The van der Waals surface area contributed by atoms with Crippen LogP contribution in [0.3, 0.4) is 0 Å². The molecular weight excluding hydrogens is 396 g/mol. The van der Waals surface area contributed by atoms with Gasteiger partial charge < -0.3 is 15.5 Å². The van der Waals surface area contributed by atoms with Gasteiger partial charge in [-0.1, -0.05) is 12.1 Å². The second-order valence-corrected chi connectivity index (χ2v) is 8.25. The first-order chi connectivity index (χ1) is 14.8. The van der Waals surface area contributed by atoms with E-state index in [1.54, 1.807) is 17.5 Å². The summed E-state index contributed by atoms with van der Waals surface area (Å²) in [6.07, 6.45) is 11.3. The van der Waals surface area contributed by atoms with Crippen molar-refractivity contribution in [3.8, 4) is 0 Å². The SMILES string of the molecule is O=C(c1cc2c(s1)/C=C\CC=NC(NCCc1cccnc1)=NC2)N1CCNCC1. The molecule has 0 bridgehead atoms. The molecule has 1 saturated heterocycles. The van der Waals surface area contributed by atoms with Crippen LogP contribution in [0.5, 0.6) is 0 Å². The predicted octanol–water partition coefficient (Wildman–Crippen LogP) is 2.36. The van der Waals surface area contributed by atoms with Crippen LogP contribution in [0.25, 0.3) is 6.08 Å². The van der Waals surface area contributed by atoms with Gasteiger partial charge in [0.25, 0.3) is 5.91 Å². The van der Waals surface area contributed by atoms with Gasteiger partial charge >= 0.3 is 0 Å². The lowest BCUT2D eigenvalue weighted by Gasteiger charge is -2.26. The van der Waals surface area contributed by atoms with E-state index in [9.17, 15) is 4.79 Å². The minimum absolute atomic E-state index is 0.118. The maximum absolute atomic E-state index is 12.9. The van der Waals surface area contributed by atoms with E-state index < -0.39 is 0 Å². The minimum atomic E-state index is 0.118. The second-order valence-electron chi connectivity index (χ2n) is 7.17. The van der Waals surface area contributed by atoms with Crippen LogP contribution in [-0.2, 0) is 13.0 Å². The first kappa shape index (κ1) is 20.4. The Morgan fingerprint density at radius 3 is 3.03 bits per heavy atom. The first-order valence-corrected chi connectivity index (χ1v) is 11.1. The minimum Gasteiger partial charge on any atom is -0.354 e. The number of carbonyl (C=O) groups is 1. The van der Waals surface area contributed by atoms with E-state index in [1.165, 1.54) is 5.56 Å². The Kier molecular flexibility index (Phi) is 6.99. The highest BCUT2D eigenvalue weighted by Gasteiger charge is 2.21. The largest absolute Gasteiger partial charge is 0.354 e. The molecule has 1 fully saturated rings. The molecule has 2 aromatic rings. The number of aromatic nitrogens is 1. The predicted molar refractivity (Wildman–Crippen MR) is 122 cm³/mol. The van der Waals surface area contributed by atoms with E-state index in [2.05, 4.69) is 43.8 Å². The van der Waals surface area contributed by atoms with E-state index in [-0.39, 0.29) is 5.91 Å². The third-order valence-electron chi connectivity index (χ3n) is 5.00. The maximum atomic E-state index is 12.9. The van der Waals surface area contributed by atoms with Gasteiger partial charge in [0.2, 0.25) is 5.96 Å². The molecule has 2 aliphatic heterocycles. The molecule has 0 aliphatic carbocycles. The number of aliphatic imine (C=N–C) groups is 2. The molecule has 4 heterocycles. The molecule has 156 valence electrons. The fraction of sp³-hybridized carbons (Fsp3) is 0.364. The highest BCUT2D eigenvalue weighted by Crippen LogP contribution is 2.26. The fourth-order valence-corrected chi connectivity index (χ4v) is 4.45. The lowest BCUT2D eigenvalue weighted by atomic mass is 10.2. The van der Waals surface area contributed by atoms with E-state index in [4.69, 9.17) is 0 Å². The number of fused-ring (bicyclic) bond motifs is 1. The van der Waals surface area contributed by atoms with Crippen LogP contribution in [0.2, 0.25) is 0 Å². The van der Waals surface area contributed by atoms with Crippen molar-refractivity contribution in [2.24, 2.45) is 9.98 Å². The summed E-state index contributed by atoms with van der Waals surface area (Å²) in [5.74, 6) is 0.744. The van der Waals surface area contributed by atoms with Crippen LogP contribution in [-0.4, -0.2) is 60.7 Å². The van der Waals surface area contributed by atoms with Crippen molar-refractivity contribution in [3.63, 3.8) is 0 Å². The summed E-state index contributed by atoms with van der Waals surface area (Å²) < 4.78 is 0. The number of hydrogen-bond donors (Lipinski definition) is 2. The summed E-state index contributed by atoms with van der Waals surface area (Å²) in [5.41, 5.74) is 2.24. The Labute approximate surface area is 180 Å². The molecule has 1 amide bonds. The van der Waals surface area contributed by atoms with Crippen molar-refractivity contribution < 1.29 is 4.79 Å². The summed E-state index contributed by atoms with van der Waals surface area (Å²) >= 11 is 1.55. The fourth-order valence-electron chi connectivity index (χ4n) is 3.38. The van der Waals surface area contributed by atoms with Gasteiger partial charge in [0.1, 0.15) is 0 Å². The summed E-state index contributed by atoms with van der Waals surface area (Å²) in [4.78, 5) is 30.0. The summed E-state index contributed by atoms with van der Waals surface area (Å²) in [5, 5.41) is 6.61. The molecule has 0 aromatic carbocycles. The van der Waals surface area contributed by atoms with Crippen molar-refractivity contribution >= 4 is 35.5 Å². The summed E-state index contributed by atoms with van der Waals surface area (Å²) in [6.45, 7) is 4.46. The quantitative estimate of drug-likeness (QED) is 0.793. The molecule has 8 heteroatoms. The third kappa shape index (κ3) is 5.40. The number of allylic oxidation sites excluding steroid dienone is 1. The highest BCUT2D eigenvalue weighted by atomic mass is 32.1. The topological polar surface area (TPSA) is 82.0 Å². The van der Waals surface area contributed by atoms with Gasteiger partial charge in [0, 0.05) is 62.6 Å². The number of amides is 1. The number of nitrogens with zero attached hydrogens (tertiary/aromatic N) is 4. The maximum Gasteiger partial charge on any atom is 0.264 e. The Bertz CT molecular complexity index is 944. The normalized spacial score (nSPS) is 17.7. The van der Waals surface area contributed by atoms with E-state index >= 15 is 0 Å². The molecule has 0 radical (unpaired) electrons. The Morgan fingerprint density at radius 2 is 2.20 bits per heavy atom. The number of pyridine rings is 1. The molecule has 2 aliphatic rings. The first-order valence-electron chi connectivity index (χ1n) is 10.3. The zero-order valence-electron chi connectivity index (χ0n) is 16.9. The third-order valence-corrected chi connectivity index (χ3v) is 6.13. The molecule has 2 aromatic heterocycles. The lowest BCUT2D eigenvalue weighted by Crippen LogP contribution is -2.46. The Balaban J connectivity index is 1.44. The van der Waals surface area contributed by atoms with Crippen molar-refractivity contribution in [1.82, 2.24) is 20.5 Å². The molecule has 2 N–H and O–H groups in total. The van der Waals surface area contributed by atoms with Crippen LogP contribution < -0.4 is 10.6 Å². The van der Waals surface area contributed by atoms with E-state index in [1.807, 2.05) is 29.4 Å². The van der Waals surface area contributed by atoms with E-state index in [0.29, 0.717) is 12.5 Å². The van der Waals surface area contributed by atoms with Crippen LogP contribution in [0.1, 0.15) is 32.1 Å². The number of piperazine rings is 1. The van der Waals surface area contributed by atoms with Gasteiger partial charge in [-0.15, -0.1) is 11.3 Å². The summed E-state index contributed by atoms with van der Waals surface area (Å²) in [6, 6.07) is 6.00. The number of thiophene rings is 1. The average molecular weight is 423 g/mol. The molecule has 7 nitrogen and oxygen atoms in total. The van der Waals surface area contributed by atoms with Crippen molar-refractivity contribution in [1.29, 1.82) is 0 Å². The monoisotopic (exact) mass is 422 g/mol. The van der Waals surface area contributed by atoms with Crippen LogP contribution in [0.15, 0.2) is 46.7 Å². The Morgan fingerprint density at radius 1 is 1.30 bits per heavy atom. The van der Waals surface area contributed by atoms with Gasteiger partial charge in [0.15, 0.2) is 0 Å². The standard InChI is InChI=1S/C22H26N6OS/c29-21(28-12-10-23-11-13-28)20-14-18-16-27-22(25-8-2-1-5-19(18)30-20)26-9-6-17-4-3-7-24-15-17/h1,3-5,7-8,14-15,23H,2,6,9-13,16H2,(H,26,27)/b5-1-,25-8?. The van der Waals surface area contributed by atoms with Crippen LogP contribution in [0.4, 0.5) is 0 Å². The zero-order chi connectivity index (χ0) is 20.6. The molecule has 30 heavy (non-hydrogen) atoms. The molecule has 0 saturated carbocycles. The van der Waals surface area contributed by atoms with Crippen molar-refractivity contribution in [2.75, 3.05) is 32.7 Å². The van der Waals surface area contributed by atoms with Crippen LogP contribution >= 0.6 is 11.3 Å². The van der Waals surface area contributed by atoms with Crippen molar-refractivity contribution in [2.45, 2.75) is 19.4 Å². The molecule has 0 spiro atoms. The molecule has 0 unspecified atom stereocenters. The number of rotatable bonds is 4. The number of guanidine groups is 1. The smallest absolute Gasteiger partial charge is 0.264 e. The van der Waals surface area contributed by atoms with E-state index in [0.717, 1.165) is 60.9 Å². The number of carbonyl (C=O) groups excluding carboxylic acids is 1. The molecule has 0 atom stereocenters. The van der Waals surface area contributed by atoms with Gasteiger partial charge in [-0.3, -0.25) is 9.78 Å². The van der Waals surface area contributed by atoms with Gasteiger partial charge in [0.05, 0.1) is 11.4 Å². The molecule has 4 rings (SSSR count). The average Bonchev–Trinajstić information content (AvgIpc) is 3.21. The Hall–Kier alpha value is -2.84. The van der Waals surface area contributed by atoms with Gasteiger partial charge in [-0.2, -0.15) is 0 Å². The van der Waals surface area contributed by atoms with Crippen LogP contribution in [0, 0.1) is 0 Å².